The van der Waals surface area contributed by atoms with Crippen LogP contribution in [0.25, 0.3) is 0 Å². The molecule has 1 amide bonds. The van der Waals surface area contributed by atoms with Gasteiger partial charge < -0.3 is 9.88 Å². The molecule has 2 bridgehead atoms. The summed E-state index contributed by atoms with van der Waals surface area (Å²) in [4.78, 5) is 28.0. The molecule has 2 atom stereocenters. The van der Waals surface area contributed by atoms with E-state index >= 15 is 0 Å². The number of halogens is 2. The van der Waals surface area contributed by atoms with Crippen LogP contribution in [0.15, 0.2) is 18.6 Å². The number of nitrogens with zero attached hydrogens (tertiary/aromatic N) is 4. The molecule has 3 aliphatic heterocycles. The number of amides is 1. The highest BCUT2D eigenvalue weighted by molar-refractivity contribution is 5.92. The highest BCUT2D eigenvalue weighted by Crippen LogP contribution is 2.30. The number of carbonyl (C=O) groups is 1. The molecule has 0 spiro atoms. The first-order valence-electron chi connectivity index (χ1n) is 8.84. The molecule has 0 aromatic carbocycles. The lowest BCUT2D eigenvalue weighted by atomic mass is 9.94. The molecule has 0 unspecified atom stereocenters. The van der Waals surface area contributed by atoms with E-state index in [1.165, 1.54) is 0 Å². The largest absolute Gasteiger partial charge is 0.348 e. The van der Waals surface area contributed by atoms with Crippen molar-refractivity contribution in [2.75, 3.05) is 19.6 Å². The lowest BCUT2D eigenvalue weighted by molar-refractivity contribution is 0.0573. The van der Waals surface area contributed by atoms with Gasteiger partial charge in [0.25, 0.3) is 5.91 Å². The van der Waals surface area contributed by atoms with Crippen molar-refractivity contribution in [1.82, 2.24) is 24.8 Å². The summed E-state index contributed by atoms with van der Waals surface area (Å²) in [6, 6.07) is 0.718. The monoisotopic (exact) mass is 361 g/mol. The van der Waals surface area contributed by atoms with E-state index in [9.17, 15) is 13.6 Å². The van der Waals surface area contributed by atoms with E-state index in [-0.39, 0.29) is 11.7 Å². The molecule has 3 saturated heterocycles. The molecular formula is C18H21F2N5O. The third kappa shape index (κ3) is 3.21. The summed E-state index contributed by atoms with van der Waals surface area (Å²) in [5.41, 5.74) is 1.76. The Morgan fingerprint density at radius 2 is 2.12 bits per heavy atom. The number of fused-ring (bicyclic) bond motifs is 4. The maximum atomic E-state index is 14.0. The van der Waals surface area contributed by atoms with Gasteiger partial charge in [-0.15, -0.1) is 0 Å². The summed E-state index contributed by atoms with van der Waals surface area (Å²) in [5.74, 6) is -1.80. The molecule has 3 fully saturated rings. The summed E-state index contributed by atoms with van der Waals surface area (Å²) in [5, 5.41) is 0. The molecule has 2 aromatic rings. The van der Waals surface area contributed by atoms with Crippen LogP contribution in [-0.2, 0) is 6.54 Å². The van der Waals surface area contributed by atoms with Crippen LogP contribution in [0.1, 0.15) is 34.7 Å². The van der Waals surface area contributed by atoms with Crippen LogP contribution < -0.4 is 0 Å². The summed E-state index contributed by atoms with van der Waals surface area (Å²) in [7, 11) is 0. The summed E-state index contributed by atoms with van der Waals surface area (Å²) >= 11 is 0. The standard InChI is InChI=1S/C18H21F2N5O/c1-11-16(23-10-22-11)9-24-6-12-2-3-14(8-24)25(7-12)18(26)17-15(20)4-13(19)5-21-17/h4-5,10,12,14H,2-3,6-9H2,1H3,(H,22,23)/t12-,14+/m1/s1. The molecule has 0 saturated carbocycles. The van der Waals surface area contributed by atoms with Crippen molar-refractivity contribution in [2.45, 2.75) is 32.4 Å². The van der Waals surface area contributed by atoms with Crippen molar-refractivity contribution in [3.8, 4) is 0 Å². The molecule has 5 heterocycles. The molecule has 1 N–H and O–H groups in total. The van der Waals surface area contributed by atoms with Gasteiger partial charge in [-0.1, -0.05) is 0 Å². The first-order chi connectivity index (χ1) is 12.5. The second kappa shape index (κ2) is 6.75. The average molecular weight is 361 g/mol. The lowest BCUT2D eigenvalue weighted by Crippen LogP contribution is -2.47. The van der Waals surface area contributed by atoms with Gasteiger partial charge in [0.15, 0.2) is 11.5 Å². The number of hydrogen-bond donors (Lipinski definition) is 1. The number of aromatic amines is 1. The zero-order valence-corrected chi connectivity index (χ0v) is 14.6. The highest BCUT2D eigenvalue weighted by atomic mass is 19.1. The van der Waals surface area contributed by atoms with Crippen molar-refractivity contribution in [3.05, 3.63) is 47.3 Å². The third-order valence-electron chi connectivity index (χ3n) is 5.37. The molecule has 26 heavy (non-hydrogen) atoms. The predicted octanol–water partition coefficient (Wildman–Crippen LogP) is 2.13. The van der Waals surface area contributed by atoms with Crippen LogP contribution >= 0.6 is 0 Å². The molecule has 8 heteroatoms. The molecule has 2 aromatic heterocycles. The Hall–Kier alpha value is -2.35. The molecule has 3 aliphatic rings. The minimum atomic E-state index is -0.904. The molecule has 0 radical (unpaired) electrons. The Balaban J connectivity index is 1.53. The Kier molecular flexibility index (Phi) is 4.44. The number of pyridine rings is 1. The molecule has 5 rings (SSSR count). The van der Waals surface area contributed by atoms with Crippen molar-refractivity contribution >= 4 is 5.91 Å². The maximum absolute atomic E-state index is 14.0. The van der Waals surface area contributed by atoms with Crippen LogP contribution in [0.3, 0.4) is 0 Å². The van der Waals surface area contributed by atoms with Gasteiger partial charge >= 0.3 is 0 Å². The van der Waals surface area contributed by atoms with Crippen LogP contribution in [-0.4, -0.2) is 56.3 Å². The van der Waals surface area contributed by atoms with Crippen molar-refractivity contribution in [3.63, 3.8) is 0 Å². The molecular weight excluding hydrogens is 340 g/mol. The number of aryl methyl sites for hydroxylation is 1. The van der Waals surface area contributed by atoms with Gasteiger partial charge in [0.2, 0.25) is 0 Å². The zero-order chi connectivity index (χ0) is 18.3. The maximum Gasteiger partial charge on any atom is 0.275 e. The number of hydrogen-bond acceptors (Lipinski definition) is 4. The second-order valence-corrected chi connectivity index (χ2v) is 7.21. The minimum absolute atomic E-state index is 0.00625. The number of piperidine rings is 1. The minimum Gasteiger partial charge on any atom is -0.348 e. The van der Waals surface area contributed by atoms with Crippen molar-refractivity contribution in [2.24, 2.45) is 5.92 Å². The fourth-order valence-electron chi connectivity index (χ4n) is 4.02. The van der Waals surface area contributed by atoms with Gasteiger partial charge in [-0.25, -0.2) is 18.7 Å². The van der Waals surface area contributed by atoms with Crippen LogP contribution in [0, 0.1) is 24.5 Å². The van der Waals surface area contributed by atoms with E-state index in [4.69, 9.17) is 0 Å². The smallest absolute Gasteiger partial charge is 0.275 e. The van der Waals surface area contributed by atoms with E-state index in [2.05, 4.69) is 19.9 Å². The topological polar surface area (TPSA) is 65.1 Å². The Labute approximate surface area is 150 Å². The first kappa shape index (κ1) is 17.1. The third-order valence-corrected chi connectivity index (χ3v) is 5.37. The van der Waals surface area contributed by atoms with Gasteiger partial charge in [0.05, 0.1) is 18.2 Å². The number of aromatic nitrogens is 3. The van der Waals surface area contributed by atoms with E-state index < -0.39 is 17.5 Å². The Morgan fingerprint density at radius 1 is 1.27 bits per heavy atom. The van der Waals surface area contributed by atoms with Crippen molar-refractivity contribution in [1.29, 1.82) is 0 Å². The Morgan fingerprint density at radius 3 is 2.85 bits per heavy atom. The van der Waals surface area contributed by atoms with E-state index in [1.54, 1.807) is 11.2 Å². The van der Waals surface area contributed by atoms with Gasteiger partial charge in [0, 0.05) is 44.0 Å². The lowest BCUT2D eigenvalue weighted by Gasteiger charge is -2.36. The van der Waals surface area contributed by atoms with E-state index in [1.807, 2.05) is 6.92 Å². The average Bonchev–Trinajstić information content (AvgIpc) is 2.81. The number of H-pyrrole nitrogens is 1. The van der Waals surface area contributed by atoms with Gasteiger partial charge in [0.1, 0.15) is 5.82 Å². The van der Waals surface area contributed by atoms with Crippen LogP contribution in [0.2, 0.25) is 0 Å². The summed E-state index contributed by atoms with van der Waals surface area (Å²) in [6.45, 7) is 4.91. The fraction of sp³-hybridized carbons (Fsp3) is 0.500. The SMILES string of the molecule is Cc1[nH]cnc1CN1C[C@H]2CC[C@@H](C1)N(C(=O)c1ncc(F)cc1F)C2. The molecule has 6 nitrogen and oxygen atoms in total. The fourth-order valence-corrected chi connectivity index (χ4v) is 4.02. The van der Waals surface area contributed by atoms with E-state index in [0.717, 1.165) is 50.1 Å². The number of imidazole rings is 1. The summed E-state index contributed by atoms with van der Waals surface area (Å²) in [6.07, 6.45) is 4.51. The quantitative estimate of drug-likeness (QED) is 0.910. The molecule has 0 aliphatic carbocycles. The second-order valence-electron chi connectivity index (χ2n) is 7.21. The number of rotatable bonds is 3. The molecule has 138 valence electrons. The zero-order valence-electron chi connectivity index (χ0n) is 14.6. The summed E-state index contributed by atoms with van der Waals surface area (Å²) < 4.78 is 27.1. The first-order valence-corrected chi connectivity index (χ1v) is 8.84. The van der Waals surface area contributed by atoms with Gasteiger partial charge in [-0.05, 0) is 25.7 Å². The van der Waals surface area contributed by atoms with E-state index in [0.29, 0.717) is 18.5 Å². The number of nitrogens with one attached hydrogen (secondary N) is 1. The highest BCUT2D eigenvalue weighted by Gasteiger charge is 2.38. The van der Waals surface area contributed by atoms with Crippen LogP contribution in [0.5, 0.6) is 0 Å². The number of carbonyl (C=O) groups excluding carboxylic acids is 1. The predicted molar refractivity (Wildman–Crippen MR) is 90.3 cm³/mol. The van der Waals surface area contributed by atoms with Gasteiger partial charge in [-0.3, -0.25) is 9.69 Å². The Bertz CT molecular complexity index is 824. The van der Waals surface area contributed by atoms with Crippen molar-refractivity contribution < 1.29 is 13.6 Å². The van der Waals surface area contributed by atoms with Crippen LogP contribution in [0.4, 0.5) is 8.78 Å². The van der Waals surface area contributed by atoms with Gasteiger partial charge in [-0.2, -0.15) is 0 Å². The normalized spacial score (nSPS) is 23.3.